The van der Waals surface area contributed by atoms with Gasteiger partial charge in [0, 0.05) is 13.1 Å². The molecule has 3 rings (SSSR count). The zero-order valence-corrected chi connectivity index (χ0v) is 11.6. The monoisotopic (exact) mass is 307 g/mol. The minimum Gasteiger partial charge on any atom is -0.315 e. The molecule has 0 amide bonds. The van der Waals surface area contributed by atoms with Crippen LogP contribution < -0.4 is 0 Å². The van der Waals surface area contributed by atoms with Crippen LogP contribution in [-0.2, 0) is 23.1 Å². The SMILES string of the molecule is N#Cc1c(F)cccc1S(=O)(=O)N1CCn2cnnc2C1. The Morgan fingerprint density at radius 1 is 1.33 bits per heavy atom. The Kier molecular flexibility index (Phi) is 3.19. The van der Waals surface area contributed by atoms with E-state index in [2.05, 4.69) is 10.2 Å². The molecule has 9 heteroatoms. The maximum absolute atomic E-state index is 13.6. The lowest BCUT2D eigenvalue weighted by Crippen LogP contribution is -2.38. The smallest absolute Gasteiger partial charge is 0.244 e. The van der Waals surface area contributed by atoms with Crippen molar-refractivity contribution in [3.63, 3.8) is 0 Å². The molecular weight excluding hydrogens is 297 g/mol. The molecular formula is C12H10FN5O2S. The average molecular weight is 307 g/mol. The van der Waals surface area contributed by atoms with Gasteiger partial charge in [-0.05, 0) is 12.1 Å². The Morgan fingerprint density at radius 3 is 2.90 bits per heavy atom. The zero-order valence-electron chi connectivity index (χ0n) is 10.8. The van der Waals surface area contributed by atoms with E-state index >= 15 is 0 Å². The molecule has 0 saturated heterocycles. The fourth-order valence-corrected chi connectivity index (χ4v) is 3.75. The van der Waals surface area contributed by atoms with Gasteiger partial charge in [0.05, 0.1) is 6.54 Å². The number of fused-ring (bicyclic) bond motifs is 1. The van der Waals surface area contributed by atoms with Gasteiger partial charge in [-0.25, -0.2) is 12.8 Å². The number of nitrogens with zero attached hydrogens (tertiary/aromatic N) is 5. The molecule has 0 bridgehead atoms. The normalized spacial score (nSPS) is 15.4. The molecule has 0 saturated carbocycles. The minimum absolute atomic E-state index is 0.0454. The highest BCUT2D eigenvalue weighted by Crippen LogP contribution is 2.24. The molecule has 0 atom stereocenters. The molecule has 1 aromatic carbocycles. The Labute approximate surface area is 120 Å². The Hall–Kier alpha value is -2.31. The molecule has 0 aliphatic carbocycles. The van der Waals surface area contributed by atoms with Gasteiger partial charge in [-0.15, -0.1) is 10.2 Å². The quantitative estimate of drug-likeness (QED) is 0.805. The van der Waals surface area contributed by atoms with Gasteiger partial charge in [0.15, 0.2) is 0 Å². The van der Waals surface area contributed by atoms with Gasteiger partial charge in [0.2, 0.25) is 10.0 Å². The van der Waals surface area contributed by atoms with Gasteiger partial charge in [-0.3, -0.25) is 0 Å². The third-order valence-electron chi connectivity index (χ3n) is 3.31. The van der Waals surface area contributed by atoms with Crippen LogP contribution in [0.15, 0.2) is 29.4 Å². The molecule has 1 aliphatic rings. The minimum atomic E-state index is -3.96. The van der Waals surface area contributed by atoms with Gasteiger partial charge in [-0.1, -0.05) is 6.07 Å². The first-order chi connectivity index (χ1) is 10.0. The molecule has 0 spiro atoms. The molecule has 0 fully saturated rings. The van der Waals surface area contributed by atoms with E-state index in [1.54, 1.807) is 10.6 Å². The summed E-state index contributed by atoms with van der Waals surface area (Å²) >= 11 is 0. The Morgan fingerprint density at radius 2 is 2.14 bits per heavy atom. The molecule has 21 heavy (non-hydrogen) atoms. The van der Waals surface area contributed by atoms with Crippen molar-refractivity contribution in [3.8, 4) is 6.07 Å². The number of hydrogen-bond acceptors (Lipinski definition) is 5. The fraction of sp³-hybridized carbons (Fsp3) is 0.250. The van der Waals surface area contributed by atoms with Crippen molar-refractivity contribution in [2.45, 2.75) is 18.0 Å². The first kappa shape index (κ1) is 13.7. The molecule has 108 valence electrons. The molecule has 2 heterocycles. The number of nitriles is 1. The van der Waals surface area contributed by atoms with E-state index in [-0.39, 0.29) is 18.0 Å². The number of hydrogen-bond donors (Lipinski definition) is 0. The van der Waals surface area contributed by atoms with E-state index in [4.69, 9.17) is 5.26 Å². The van der Waals surface area contributed by atoms with Gasteiger partial charge in [0.1, 0.15) is 34.5 Å². The second kappa shape index (κ2) is 4.91. The summed E-state index contributed by atoms with van der Waals surface area (Å²) < 4.78 is 41.7. The lowest BCUT2D eigenvalue weighted by atomic mass is 10.2. The number of aromatic nitrogens is 3. The molecule has 1 aromatic heterocycles. The van der Waals surface area contributed by atoms with Gasteiger partial charge < -0.3 is 4.57 Å². The number of rotatable bonds is 2. The van der Waals surface area contributed by atoms with E-state index in [0.717, 1.165) is 6.07 Å². The maximum Gasteiger partial charge on any atom is 0.244 e. The van der Waals surface area contributed by atoms with Crippen LogP contribution in [0, 0.1) is 17.1 Å². The van der Waals surface area contributed by atoms with Gasteiger partial charge in [-0.2, -0.15) is 9.57 Å². The van der Waals surface area contributed by atoms with E-state index in [1.807, 2.05) is 0 Å². The molecule has 2 aromatic rings. The predicted molar refractivity (Wildman–Crippen MR) is 68.7 cm³/mol. The maximum atomic E-state index is 13.6. The van der Waals surface area contributed by atoms with Crippen LogP contribution in [0.25, 0.3) is 0 Å². The van der Waals surface area contributed by atoms with Crippen LogP contribution >= 0.6 is 0 Å². The molecule has 0 unspecified atom stereocenters. The summed E-state index contributed by atoms with van der Waals surface area (Å²) in [4.78, 5) is -0.321. The highest BCUT2D eigenvalue weighted by Gasteiger charge is 2.31. The van der Waals surface area contributed by atoms with E-state index in [0.29, 0.717) is 12.4 Å². The first-order valence-electron chi connectivity index (χ1n) is 6.09. The predicted octanol–water partition coefficient (Wildman–Crippen LogP) is 0.493. The number of halogens is 1. The number of sulfonamides is 1. The summed E-state index contributed by atoms with van der Waals surface area (Å²) in [6, 6.07) is 5.17. The van der Waals surface area contributed by atoms with Crippen LogP contribution in [0.4, 0.5) is 4.39 Å². The summed E-state index contributed by atoms with van der Waals surface area (Å²) in [5, 5.41) is 16.5. The standard InChI is InChI=1S/C12H10FN5O2S/c13-10-2-1-3-11(9(10)6-14)21(19,20)18-5-4-17-8-15-16-12(17)7-18/h1-3,8H,4-5,7H2. The van der Waals surface area contributed by atoms with Crippen LogP contribution in [0.1, 0.15) is 11.4 Å². The van der Waals surface area contributed by atoms with Crippen LogP contribution in [-0.4, -0.2) is 34.0 Å². The molecule has 0 N–H and O–H groups in total. The summed E-state index contributed by atoms with van der Waals surface area (Å²) in [6.07, 6.45) is 1.53. The highest BCUT2D eigenvalue weighted by molar-refractivity contribution is 7.89. The van der Waals surface area contributed by atoms with Crippen LogP contribution in [0.5, 0.6) is 0 Å². The summed E-state index contributed by atoms with van der Waals surface area (Å²) in [7, 11) is -3.96. The molecule has 7 nitrogen and oxygen atoms in total. The van der Waals surface area contributed by atoms with Gasteiger partial charge in [0.25, 0.3) is 0 Å². The third-order valence-corrected chi connectivity index (χ3v) is 5.20. The van der Waals surface area contributed by atoms with Crippen molar-refractivity contribution < 1.29 is 12.8 Å². The summed E-state index contributed by atoms with van der Waals surface area (Å²) in [6.45, 7) is 0.678. The van der Waals surface area contributed by atoms with E-state index < -0.39 is 21.4 Å². The molecule has 1 aliphatic heterocycles. The Bertz CT molecular complexity index is 840. The van der Waals surface area contributed by atoms with Crippen molar-refractivity contribution in [1.82, 2.24) is 19.1 Å². The van der Waals surface area contributed by atoms with E-state index in [1.165, 1.54) is 22.8 Å². The largest absolute Gasteiger partial charge is 0.315 e. The second-order valence-electron chi connectivity index (χ2n) is 4.50. The second-order valence-corrected chi connectivity index (χ2v) is 6.41. The topological polar surface area (TPSA) is 91.9 Å². The van der Waals surface area contributed by atoms with Crippen molar-refractivity contribution in [2.24, 2.45) is 0 Å². The summed E-state index contributed by atoms with van der Waals surface area (Å²) in [5.41, 5.74) is -0.468. The summed E-state index contributed by atoms with van der Waals surface area (Å²) in [5.74, 6) is -0.335. The highest BCUT2D eigenvalue weighted by atomic mass is 32.2. The lowest BCUT2D eigenvalue weighted by molar-refractivity contribution is 0.335. The fourth-order valence-electron chi connectivity index (χ4n) is 2.22. The van der Waals surface area contributed by atoms with Crippen molar-refractivity contribution >= 4 is 10.0 Å². The van der Waals surface area contributed by atoms with Crippen molar-refractivity contribution in [3.05, 3.63) is 41.7 Å². The average Bonchev–Trinajstić information content (AvgIpc) is 2.94. The third kappa shape index (κ3) is 2.18. The van der Waals surface area contributed by atoms with Crippen LogP contribution in [0.3, 0.4) is 0 Å². The lowest BCUT2D eigenvalue weighted by Gasteiger charge is -2.26. The Balaban J connectivity index is 2.03. The number of benzene rings is 1. The zero-order chi connectivity index (χ0) is 15.0. The van der Waals surface area contributed by atoms with Gasteiger partial charge >= 0.3 is 0 Å². The van der Waals surface area contributed by atoms with E-state index in [9.17, 15) is 12.8 Å². The van der Waals surface area contributed by atoms with Crippen molar-refractivity contribution in [1.29, 1.82) is 5.26 Å². The molecule has 0 radical (unpaired) electrons. The first-order valence-corrected chi connectivity index (χ1v) is 7.53. The van der Waals surface area contributed by atoms with Crippen molar-refractivity contribution in [2.75, 3.05) is 6.54 Å². The van der Waals surface area contributed by atoms with Crippen LogP contribution in [0.2, 0.25) is 0 Å².